The molecule has 1 aromatic carbocycles. The fraction of sp³-hybridized carbons (Fsp3) is 0.500. The van der Waals surface area contributed by atoms with E-state index in [0.29, 0.717) is 17.7 Å². The van der Waals surface area contributed by atoms with Crippen molar-refractivity contribution in [2.24, 2.45) is 5.73 Å². The van der Waals surface area contributed by atoms with Crippen LogP contribution in [0.4, 0.5) is 4.39 Å². The van der Waals surface area contributed by atoms with Crippen LogP contribution in [0.2, 0.25) is 0 Å². The Bertz CT molecular complexity index is 435. The van der Waals surface area contributed by atoms with Gasteiger partial charge in [0.2, 0.25) is 0 Å². The van der Waals surface area contributed by atoms with Gasteiger partial charge in [-0.05, 0) is 46.7 Å². The third-order valence-corrected chi connectivity index (χ3v) is 3.16. The topological polar surface area (TPSA) is 32.5 Å². The standard InChI is InChI=1S/C14H22FN3S/c1-17(2)7-4-8-18(3)10-12-6-5-11(14(16)19)9-13(12)15/h5-6,9H,4,7-8,10H2,1-3H3,(H2,16,19). The lowest BCUT2D eigenvalue weighted by molar-refractivity contribution is 0.291. The maximum absolute atomic E-state index is 13.9. The Balaban J connectivity index is 2.54. The van der Waals surface area contributed by atoms with Crippen molar-refractivity contribution in [3.8, 4) is 0 Å². The molecule has 0 unspecified atom stereocenters. The lowest BCUT2D eigenvalue weighted by atomic mass is 10.1. The molecule has 0 radical (unpaired) electrons. The van der Waals surface area contributed by atoms with Crippen LogP contribution in [-0.2, 0) is 6.54 Å². The molecule has 0 aliphatic carbocycles. The third kappa shape index (κ3) is 5.63. The Kier molecular flexibility index (Phi) is 6.34. The average molecular weight is 283 g/mol. The molecule has 0 bridgehead atoms. The highest BCUT2D eigenvalue weighted by atomic mass is 32.1. The fourth-order valence-electron chi connectivity index (χ4n) is 1.86. The highest BCUT2D eigenvalue weighted by Gasteiger charge is 2.08. The van der Waals surface area contributed by atoms with Crippen molar-refractivity contribution < 1.29 is 4.39 Å². The Labute approximate surface area is 120 Å². The van der Waals surface area contributed by atoms with Crippen LogP contribution in [0, 0.1) is 5.82 Å². The number of nitrogens with zero attached hydrogens (tertiary/aromatic N) is 2. The first-order valence-corrected chi connectivity index (χ1v) is 6.72. The van der Waals surface area contributed by atoms with E-state index in [0.717, 1.165) is 19.5 Å². The second kappa shape index (κ2) is 7.53. The lowest BCUT2D eigenvalue weighted by Crippen LogP contribution is -2.24. The molecule has 0 aromatic heterocycles. The molecule has 0 aliphatic heterocycles. The molecule has 0 fully saturated rings. The molecule has 1 aromatic rings. The van der Waals surface area contributed by atoms with Crippen LogP contribution in [0.3, 0.4) is 0 Å². The molecule has 0 aliphatic rings. The molecule has 0 saturated carbocycles. The van der Waals surface area contributed by atoms with E-state index >= 15 is 0 Å². The normalized spacial score (nSPS) is 11.3. The van der Waals surface area contributed by atoms with Gasteiger partial charge in [0.1, 0.15) is 10.8 Å². The molecular weight excluding hydrogens is 261 g/mol. The number of hydrogen-bond donors (Lipinski definition) is 1. The molecule has 3 nitrogen and oxygen atoms in total. The molecule has 0 amide bonds. The minimum Gasteiger partial charge on any atom is -0.389 e. The van der Waals surface area contributed by atoms with Crippen molar-refractivity contribution in [1.82, 2.24) is 9.80 Å². The number of halogens is 1. The number of hydrogen-bond acceptors (Lipinski definition) is 3. The van der Waals surface area contributed by atoms with Gasteiger partial charge in [0.25, 0.3) is 0 Å². The van der Waals surface area contributed by atoms with E-state index in [1.54, 1.807) is 12.1 Å². The van der Waals surface area contributed by atoms with Gasteiger partial charge >= 0.3 is 0 Å². The Morgan fingerprint density at radius 2 is 1.95 bits per heavy atom. The van der Waals surface area contributed by atoms with Crippen LogP contribution in [0.1, 0.15) is 17.5 Å². The van der Waals surface area contributed by atoms with Crippen LogP contribution in [0.5, 0.6) is 0 Å². The van der Waals surface area contributed by atoms with Crippen molar-refractivity contribution in [1.29, 1.82) is 0 Å². The van der Waals surface area contributed by atoms with E-state index in [1.165, 1.54) is 6.07 Å². The largest absolute Gasteiger partial charge is 0.389 e. The van der Waals surface area contributed by atoms with Gasteiger partial charge in [0.05, 0.1) is 0 Å². The van der Waals surface area contributed by atoms with Crippen molar-refractivity contribution >= 4 is 17.2 Å². The van der Waals surface area contributed by atoms with Crippen molar-refractivity contribution in [3.05, 3.63) is 35.1 Å². The first kappa shape index (κ1) is 16.0. The van der Waals surface area contributed by atoms with Gasteiger partial charge in [-0.3, -0.25) is 0 Å². The average Bonchev–Trinajstić information content (AvgIpc) is 2.31. The monoisotopic (exact) mass is 283 g/mol. The van der Waals surface area contributed by atoms with Gasteiger partial charge in [0.15, 0.2) is 0 Å². The lowest BCUT2D eigenvalue weighted by Gasteiger charge is -2.18. The molecular formula is C14H22FN3S. The Morgan fingerprint density at radius 3 is 2.47 bits per heavy atom. The van der Waals surface area contributed by atoms with Gasteiger partial charge in [-0.25, -0.2) is 4.39 Å². The zero-order valence-electron chi connectivity index (χ0n) is 11.8. The third-order valence-electron chi connectivity index (χ3n) is 2.92. The summed E-state index contributed by atoms with van der Waals surface area (Å²) in [6.07, 6.45) is 1.07. The van der Waals surface area contributed by atoms with Crippen molar-refractivity contribution in [2.45, 2.75) is 13.0 Å². The quantitative estimate of drug-likeness (QED) is 0.774. The smallest absolute Gasteiger partial charge is 0.128 e. The summed E-state index contributed by atoms with van der Waals surface area (Å²) in [4.78, 5) is 4.48. The van der Waals surface area contributed by atoms with Crippen LogP contribution in [0.15, 0.2) is 18.2 Å². The predicted molar refractivity (Wildman–Crippen MR) is 81.8 cm³/mol. The number of nitrogens with two attached hydrogens (primary N) is 1. The van der Waals surface area contributed by atoms with Gasteiger partial charge in [-0.15, -0.1) is 0 Å². The van der Waals surface area contributed by atoms with Crippen LogP contribution >= 0.6 is 12.2 Å². The SMILES string of the molecule is CN(C)CCCN(C)Cc1ccc(C(N)=S)cc1F. The Morgan fingerprint density at radius 1 is 1.26 bits per heavy atom. The number of rotatable bonds is 7. The summed E-state index contributed by atoms with van der Waals surface area (Å²) >= 11 is 4.83. The van der Waals surface area contributed by atoms with Crippen LogP contribution < -0.4 is 5.73 Å². The summed E-state index contributed by atoms with van der Waals surface area (Å²) in [5, 5.41) is 0. The molecule has 0 spiro atoms. The molecule has 2 N–H and O–H groups in total. The van der Waals surface area contributed by atoms with Crippen LogP contribution in [0.25, 0.3) is 0 Å². The summed E-state index contributed by atoms with van der Waals surface area (Å²) in [6.45, 7) is 2.57. The van der Waals surface area contributed by atoms with E-state index in [-0.39, 0.29) is 10.8 Å². The van der Waals surface area contributed by atoms with E-state index < -0.39 is 0 Å². The van der Waals surface area contributed by atoms with Gasteiger partial charge in [-0.2, -0.15) is 0 Å². The van der Waals surface area contributed by atoms with Gasteiger partial charge < -0.3 is 15.5 Å². The number of thiocarbonyl (C=S) groups is 1. The van der Waals surface area contributed by atoms with Gasteiger partial charge in [-0.1, -0.05) is 24.4 Å². The van der Waals surface area contributed by atoms with Crippen molar-refractivity contribution in [3.63, 3.8) is 0 Å². The zero-order valence-corrected chi connectivity index (χ0v) is 12.6. The maximum Gasteiger partial charge on any atom is 0.128 e. The summed E-state index contributed by atoms with van der Waals surface area (Å²) in [6, 6.07) is 4.94. The van der Waals surface area contributed by atoms with Gasteiger partial charge in [0, 0.05) is 17.7 Å². The minimum atomic E-state index is -0.246. The van der Waals surface area contributed by atoms with Crippen molar-refractivity contribution in [2.75, 3.05) is 34.2 Å². The summed E-state index contributed by atoms with van der Waals surface area (Å²) < 4.78 is 13.9. The zero-order chi connectivity index (χ0) is 14.4. The molecule has 0 atom stereocenters. The van der Waals surface area contributed by atoms with Crippen LogP contribution in [-0.4, -0.2) is 49.0 Å². The summed E-state index contributed by atoms with van der Waals surface area (Å²) in [5.41, 5.74) is 6.73. The van der Waals surface area contributed by atoms with E-state index in [1.807, 2.05) is 21.1 Å². The second-order valence-electron chi connectivity index (χ2n) is 5.07. The maximum atomic E-state index is 13.9. The van der Waals surface area contributed by atoms with E-state index in [9.17, 15) is 4.39 Å². The minimum absolute atomic E-state index is 0.227. The predicted octanol–water partition coefficient (Wildman–Crippen LogP) is 1.84. The molecule has 5 heteroatoms. The molecule has 19 heavy (non-hydrogen) atoms. The molecule has 0 saturated heterocycles. The fourth-order valence-corrected chi connectivity index (χ4v) is 1.98. The molecule has 0 heterocycles. The highest BCUT2D eigenvalue weighted by Crippen LogP contribution is 2.12. The first-order valence-electron chi connectivity index (χ1n) is 6.31. The first-order chi connectivity index (χ1) is 8.90. The Hall–Kier alpha value is -1.04. The highest BCUT2D eigenvalue weighted by molar-refractivity contribution is 7.80. The second-order valence-corrected chi connectivity index (χ2v) is 5.50. The summed E-state index contributed by atoms with van der Waals surface area (Å²) in [5.74, 6) is -0.246. The number of benzene rings is 1. The van der Waals surface area contributed by atoms with E-state index in [2.05, 4.69) is 9.80 Å². The molecule has 1 rings (SSSR count). The van der Waals surface area contributed by atoms with E-state index in [4.69, 9.17) is 18.0 Å². The molecule has 106 valence electrons. The summed E-state index contributed by atoms with van der Waals surface area (Å²) in [7, 11) is 6.10.